The Hall–Kier alpha value is -0.970. The van der Waals surface area contributed by atoms with E-state index >= 15 is 0 Å². The highest BCUT2D eigenvalue weighted by atomic mass is 15.1. The van der Waals surface area contributed by atoms with Gasteiger partial charge in [-0.15, -0.1) is 0 Å². The lowest BCUT2D eigenvalue weighted by Gasteiger charge is -2.57. The highest BCUT2D eigenvalue weighted by Crippen LogP contribution is 2.60. The standard InChI is InChI=1S/C15H22N2/c1-11(9-16)17(2)10-15-6-12-3-13(7-15)5-14(4-12)8-15/h12-14H,1,3-8,10H2,2H3. The van der Waals surface area contributed by atoms with E-state index in [1.54, 1.807) is 0 Å². The highest BCUT2D eigenvalue weighted by Gasteiger charge is 2.51. The first-order chi connectivity index (χ1) is 8.10. The fourth-order valence-corrected chi connectivity index (χ4v) is 5.17. The number of rotatable bonds is 3. The van der Waals surface area contributed by atoms with Crippen LogP contribution in [0.25, 0.3) is 0 Å². The van der Waals surface area contributed by atoms with Crippen molar-refractivity contribution in [3.05, 3.63) is 12.3 Å². The van der Waals surface area contributed by atoms with Gasteiger partial charge in [0.1, 0.15) is 11.8 Å². The molecule has 4 saturated carbocycles. The summed E-state index contributed by atoms with van der Waals surface area (Å²) in [5.41, 5.74) is 1.14. The molecule has 4 rings (SSSR count). The average molecular weight is 230 g/mol. The minimum atomic E-state index is 0.517. The lowest BCUT2D eigenvalue weighted by atomic mass is 9.49. The summed E-state index contributed by atoms with van der Waals surface area (Å²) in [6.45, 7) is 4.89. The summed E-state index contributed by atoms with van der Waals surface area (Å²) in [6.07, 6.45) is 8.68. The second-order valence-electron chi connectivity index (χ2n) is 6.83. The Labute approximate surface area is 104 Å². The van der Waals surface area contributed by atoms with Crippen LogP contribution in [-0.4, -0.2) is 18.5 Å². The quantitative estimate of drug-likeness (QED) is 0.696. The van der Waals surface area contributed by atoms with Crippen molar-refractivity contribution in [3.8, 4) is 6.07 Å². The predicted octanol–water partition coefficient (Wildman–Crippen LogP) is 3.17. The first-order valence-corrected chi connectivity index (χ1v) is 6.90. The summed E-state index contributed by atoms with van der Waals surface area (Å²) in [5.74, 6) is 2.97. The van der Waals surface area contributed by atoms with Gasteiger partial charge in [-0.1, -0.05) is 6.58 Å². The van der Waals surface area contributed by atoms with Crippen LogP contribution >= 0.6 is 0 Å². The zero-order valence-electron chi connectivity index (χ0n) is 10.8. The van der Waals surface area contributed by atoms with Crippen LogP contribution in [0, 0.1) is 34.5 Å². The first-order valence-electron chi connectivity index (χ1n) is 6.90. The van der Waals surface area contributed by atoms with Gasteiger partial charge in [-0.25, -0.2) is 0 Å². The number of nitriles is 1. The fraction of sp³-hybridized carbons (Fsp3) is 0.800. The van der Waals surface area contributed by atoms with Crippen LogP contribution in [-0.2, 0) is 0 Å². The van der Waals surface area contributed by atoms with Gasteiger partial charge in [0.05, 0.1) is 0 Å². The van der Waals surface area contributed by atoms with Gasteiger partial charge in [-0.3, -0.25) is 0 Å². The maximum atomic E-state index is 8.93. The van der Waals surface area contributed by atoms with Crippen molar-refractivity contribution in [1.82, 2.24) is 4.90 Å². The van der Waals surface area contributed by atoms with Crippen molar-refractivity contribution in [2.45, 2.75) is 38.5 Å². The van der Waals surface area contributed by atoms with Crippen LogP contribution in [0.4, 0.5) is 0 Å². The molecule has 2 heteroatoms. The summed E-state index contributed by atoms with van der Waals surface area (Å²) in [7, 11) is 2.03. The Morgan fingerprint density at radius 1 is 1.24 bits per heavy atom. The molecule has 0 amide bonds. The van der Waals surface area contributed by atoms with E-state index in [1.165, 1.54) is 38.5 Å². The highest BCUT2D eigenvalue weighted by molar-refractivity contribution is 5.15. The normalized spacial score (nSPS) is 42.2. The minimum absolute atomic E-state index is 0.517. The molecule has 17 heavy (non-hydrogen) atoms. The van der Waals surface area contributed by atoms with E-state index in [2.05, 4.69) is 17.5 Å². The molecule has 0 aromatic heterocycles. The molecule has 0 saturated heterocycles. The smallest absolute Gasteiger partial charge is 0.116 e. The van der Waals surface area contributed by atoms with Crippen molar-refractivity contribution in [2.75, 3.05) is 13.6 Å². The van der Waals surface area contributed by atoms with Gasteiger partial charge in [0.15, 0.2) is 0 Å². The van der Waals surface area contributed by atoms with E-state index in [9.17, 15) is 0 Å². The maximum absolute atomic E-state index is 8.93. The van der Waals surface area contributed by atoms with Gasteiger partial charge in [0, 0.05) is 13.6 Å². The molecular formula is C15H22N2. The zero-order valence-corrected chi connectivity index (χ0v) is 10.8. The molecule has 4 bridgehead atoms. The molecule has 4 aliphatic rings. The monoisotopic (exact) mass is 230 g/mol. The van der Waals surface area contributed by atoms with Crippen LogP contribution in [0.1, 0.15) is 38.5 Å². The predicted molar refractivity (Wildman–Crippen MR) is 68.0 cm³/mol. The number of nitrogens with zero attached hydrogens (tertiary/aromatic N) is 2. The van der Waals surface area contributed by atoms with Crippen molar-refractivity contribution in [2.24, 2.45) is 23.2 Å². The van der Waals surface area contributed by atoms with Crippen molar-refractivity contribution in [1.29, 1.82) is 5.26 Å². The Kier molecular flexibility index (Phi) is 2.47. The lowest BCUT2D eigenvalue weighted by molar-refractivity contribution is -0.0622. The summed E-state index contributed by atoms with van der Waals surface area (Å²) < 4.78 is 0. The zero-order chi connectivity index (χ0) is 12.0. The number of hydrogen-bond acceptors (Lipinski definition) is 2. The summed E-state index contributed by atoms with van der Waals surface area (Å²) >= 11 is 0. The summed E-state index contributed by atoms with van der Waals surface area (Å²) in [5, 5.41) is 8.93. The Balaban J connectivity index is 1.74. The number of allylic oxidation sites excluding steroid dienone is 1. The van der Waals surface area contributed by atoms with E-state index < -0.39 is 0 Å². The average Bonchev–Trinajstić information content (AvgIpc) is 2.25. The lowest BCUT2D eigenvalue weighted by Crippen LogP contribution is -2.50. The van der Waals surface area contributed by atoms with Crippen LogP contribution in [0.2, 0.25) is 0 Å². The first kappa shape index (κ1) is 11.1. The minimum Gasteiger partial charge on any atom is -0.366 e. The molecule has 0 N–H and O–H groups in total. The molecule has 2 nitrogen and oxygen atoms in total. The number of hydrogen-bond donors (Lipinski definition) is 0. The Morgan fingerprint density at radius 3 is 2.12 bits per heavy atom. The largest absolute Gasteiger partial charge is 0.366 e. The molecule has 0 aliphatic heterocycles. The molecule has 0 atom stereocenters. The van der Waals surface area contributed by atoms with E-state index in [-0.39, 0.29) is 0 Å². The molecule has 0 aromatic carbocycles. The van der Waals surface area contributed by atoms with E-state index in [1.807, 2.05) is 7.05 Å². The molecule has 0 heterocycles. The van der Waals surface area contributed by atoms with Gasteiger partial charge < -0.3 is 4.90 Å². The molecule has 0 spiro atoms. The van der Waals surface area contributed by atoms with Gasteiger partial charge >= 0.3 is 0 Å². The second kappa shape index (κ2) is 3.77. The maximum Gasteiger partial charge on any atom is 0.116 e. The Bertz CT molecular complexity index is 342. The third kappa shape index (κ3) is 1.86. The van der Waals surface area contributed by atoms with Gasteiger partial charge in [-0.05, 0) is 61.7 Å². The van der Waals surface area contributed by atoms with Gasteiger partial charge in [0.2, 0.25) is 0 Å². The third-order valence-corrected chi connectivity index (χ3v) is 5.33. The van der Waals surface area contributed by atoms with Crippen LogP contribution in [0.5, 0.6) is 0 Å². The van der Waals surface area contributed by atoms with Crippen LogP contribution in [0.3, 0.4) is 0 Å². The Morgan fingerprint density at radius 2 is 1.71 bits per heavy atom. The van der Waals surface area contributed by atoms with Crippen molar-refractivity contribution in [3.63, 3.8) is 0 Å². The molecule has 4 fully saturated rings. The van der Waals surface area contributed by atoms with Crippen LogP contribution < -0.4 is 0 Å². The second-order valence-corrected chi connectivity index (χ2v) is 6.83. The summed E-state index contributed by atoms with van der Waals surface area (Å²) in [4.78, 5) is 2.09. The van der Waals surface area contributed by atoms with Gasteiger partial charge in [-0.2, -0.15) is 5.26 Å². The molecule has 0 aromatic rings. The van der Waals surface area contributed by atoms with Gasteiger partial charge in [0.25, 0.3) is 0 Å². The summed E-state index contributed by atoms with van der Waals surface area (Å²) in [6, 6.07) is 2.18. The van der Waals surface area contributed by atoms with Crippen molar-refractivity contribution >= 4 is 0 Å². The molecule has 4 aliphatic carbocycles. The molecule has 0 radical (unpaired) electrons. The fourth-order valence-electron chi connectivity index (χ4n) is 5.17. The molecule has 0 unspecified atom stereocenters. The van der Waals surface area contributed by atoms with Crippen molar-refractivity contribution < 1.29 is 0 Å². The molecular weight excluding hydrogens is 208 g/mol. The SMILES string of the molecule is C=C(C#N)N(C)CC12CC3CC(CC(C3)C1)C2. The third-order valence-electron chi connectivity index (χ3n) is 5.33. The van der Waals surface area contributed by atoms with Crippen LogP contribution in [0.15, 0.2) is 12.3 Å². The van der Waals surface area contributed by atoms with E-state index in [0.29, 0.717) is 11.1 Å². The van der Waals surface area contributed by atoms with E-state index in [4.69, 9.17) is 5.26 Å². The van der Waals surface area contributed by atoms with E-state index in [0.717, 1.165) is 24.3 Å². The topological polar surface area (TPSA) is 27.0 Å². The molecule has 92 valence electrons.